The molecule has 5 nitrogen and oxygen atoms in total. The third-order valence-electron chi connectivity index (χ3n) is 4.24. The topological polar surface area (TPSA) is 62.1 Å². The third kappa shape index (κ3) is 4.35. The van der Waals surface area contributed by atoms with E-state index >= 15 is 0 Å². The highest BCUT2D eigenvalue weighted by Gasteiger charge is 2.53. The van der Waals surface area contributed by atoms with Gasteiger partial charge in [0, 0.05) is 5.56 Å². The molecule has 144 valence electrons. The summed E-state index contributed by atoms with van der Waals surface area (Å²) < 4.78 is 43.9. The van der Waals surface area contributed by atoms with Crippen LogP contribution in [0.25, 0.3) is 0 Å². The first-order chi connectivity index (χ1) is 12.2. The number of ether oxygens (including phenoxy) is 1. The molecule has 1 aromatic carbocycles. The highest BCUT2D eigenvalue weighted by Crippen LogP contribution is 2.40. The second-order valence-electron chi connectivity index (χ2n) is 6.20. The standard InChI is InChI=1S/C18H23F3N2O3/c1-3-5-6-7-13-8-10-14(11-9-13)17(25)12-15(18(19,20)21)22-23(17)16(24)26-4-2/h8-11,25H,3-7,12H2,1-2H3. The van der Waals surface area contributed by atoms with Crippen LogP contribution in [-0.4, -0.2) is 34.7 Å². The van der Waals surface area contributed by atoms with Gasteiger partial charge in [0.25, 0.3) is 0 Å². The summed E-state index contributed by atoms with van der Waals surface area (Å²) in [6, 6.07) is 6.56. The molecule has 1 N–H and O–H groups in total. The zero-order valence-corrected chi connectivity index (χ0v) is 14.8. The molecule has 0 saturated carbocycles. The van der Waals surface area contributed by atoms with Crippen LogP contribution in [0.1, 0.15) is 50.7 Å². The number of carbonyl (C=O) groups is 1. The number of halogens is 3. The monoisotopic (exact) mass is 372 g/mol. The van der Waals surface area contributed by atoms with E-state index in [0.717, 1.165) is 31.2 Å². The lowest BCUT2D eigenvalue weighted by Crippen LogP contribution is -2.44. The molecular weight excluding hydrogens is 349 g/mol. The predicted molar refractivity (Wildman–Crippen MR) is 90.5 cm³/mol. The van der Waals surface area contributed by atoms with E-state index in [1.54, 1.807) is 12.1 Å². The van der Waals surface area contributed by atoms with E-state index < -0.39 is 30.1 Å². The van der Waals surface area contributed by atoms with Crippen LogP contribution in [0.15, 0.2) is 29.4 Å². The normalized spacial score (nSPS) is 20.2. The van der Waals surface area contributed by atoms with Crippen molar-refractivity contribution in [3.05, 3.63) is 35.4 Å². The van der Waals surface area contributed by atoms with Crippen LogP contribution in [-0.2, 0) is 16.9 Å². The molecule has 0 aliphatic carbocycles. The van der Waals surface area contributed by atoms with Gasteiger partial charge in [-0.05, 0) is 25.3 Å². The molecule has 26 heavy (non-hydrogen) atoms. The number of unbranched alkanes of at least 4 members (excludes halogenated alkanes) is 2. The Kier molecular flexibility index (Phi) is 6.28. The van der Waals surface area contributed by atoms with Crippen LogP contribution in [0, 0.1) is 0 Å². The number of aryl methyl sites for hydroxylation is 1. The minimum absolute atomic E-state index is 0.0430. The van der Waals surface area contributed by atoms with Crippen LogP contribution in [0.2, 0.25) is 0 Å². The zero-order chi connectivity index (χ0) is 19.4. The van der Waals surface area contributed by atoms with Crippen molar-refractivity contribution in [3.63, 3.8) is 0 Å². The Morgan fingerprint density at radius 1 is 1.27 bits per heavy atom. The molecule has 8 heteroatoms. The van der Waals surface area contributed by atoms with Gasteiger partial charge in [0.1, 0.15) is 5.71 Å². The second-order valence-corrected chi connectivity index (χ2v) is 6.20. The highest BCUT2D eigenvalue weighted by atomic mass is 19.4. The van der Waals surface area contributed by atoms with Crippen molar-refractivity contribution in [2.45, 2.75) is 57.9 Å². The van der Waals surface area contributed by atoms with Crippen molar-refractivity contribution in [1.82, 2.24) is 5.01 Å². The fourth-order valence-corrected chi connectivity index (χ4v) is 2.82. The van der Waals surface area contributed by atoms with E-state index in [1.165, 1.54) is 19.1 Å². The van der Waals surface area contributed by atoms with Crippen molar-refractivity contribution in [2.24, 2.45) is 5.10 Å². The van der Waals surface area contributed by atoms with E-state index in [4.69, 9.17) is 4.74 Å². The fraction of sp³-hybridized carbons (Fsp3) is 0.556. The van der Waals surface area contributed by atoms with E-state index in [9.17, 15) is 23.1 Å². The van der Waals surface area contributed by atoms with Gasteiger partial charge >= 0.3 is 12.3 Å². The lowest BCUT2D eigenvalue weighted by atomic mass is 9.95. The van der Waals surface area contributed by atoms with Crippen LogP contribution in [0.4, 0.5) is 18.0 Å². The fourth-order valence-electron chi connectivity index (χ4n) is 2.82. The molecule has 0 fully saturated rings. The Morgan fingerprint density at radius 2 is 1.92 bits per heavy atom. The maximum Gasteiger partial charge on any atom is 0.433 e. The Bertz CT molecular complexity index is 659. The maximum absolute atomic E-state index is 13.1. The molecule has 0 radical (unpaired) electrons. The quantitative estimate of drug-likeness (QED) is 0.756. The molecular formula is C18H23F3N2O3. The summed E-state index contributed by atoms with van der Waals surface area (Å²) in [5, 5.41) is 14.5. The molecule has 1 unspecified atom stereocenters. The van der Waals surface area contributed by atoms with Gasteiger partial charge in [-0.1, -0.05) is 44.0 Å². The van der Waals surface area contributed by atoms with Crippen LogP contribution in [0.5, 0.6) is 0 Å². The van der Waals surface area contributed by atoms with E-state index in [2.05, 4.69) is 12.0 Å². The Labute approximate surface area is 150 Å². The smallest absolute Gasteiger partial charge is 0.433 e. The van der Waals surface area contributed by atoms with Gasteiger partial charge in [-0.15, -0.1) is 0 Å². The number of carbonyl (C=O) groups excluding carboxylic acids is 1. The molecule has 1 aromatic rings. The molecule has 0 bridgehead atoms. The second kappa shape index (κ2) is 8.07. The predicted octanol–water partition coefficient (Wildman–Crippen LogP) is 4.34. The minimum Gasteiger partial charge on any atom is -0.448 e. The zero-order valence-electron chi connectivity index (χ0n) is 14.8. The number of hydrogen-bond acceptors (Lipinski definition) is 4. The van der Waals surface area contributed by atoms with Crippen molar-refractivity contribution in [3.8, 4) is 0 Å². The summed E-state index contributed by atoms with van der Waals surface area (Å²) in [5.74, 6) is 0. The lowest BCUT2D eigenvalue weighted by Gasteiger charge is -2.30. The minimum atomic E-state index is -4.74. The van der Waals surface area contributed by atoms with Gasteiger partial charge in [0.05, 0.1) is 13.0 Å². The summed E-state index contributed by atoms with van der Waals surface area (Å²) in [6.07, 6.45) is -2.68. The van der Waals surface area contributed by atoms with Gasteiger partial charge in [0.15, 0.2) is 5.72 Å². The molecule has 2 rings (SSSR count). The largest absolute Gasteiger partial charge is 0.448 e. The first kappa shape index (κ1) is 20.2. The maximum atomic E-state index is 13.1. The Hall–Kier alpha value is -2.09. The number of alkyl halides is 3. The van der Waals surface area contributed by atoms with E-state index in [1.807, 2.05) is 0 Å². The molecule has 0 spiro atoms. The summed E-state index contributed by atoms with van der Waals surface area (Å²) in [5.41, 5.74) is -2.27. The van der Waals surface area contributed by atoms with Crippen molar-refractivity contribution in [2.75, 3.05) is 6.61 Å². The van der Waals surface area contributed by atoms with Crippen molar-refractivity contribution in [1.29, 1.82) is 0 Å². The van der Waals surface area contributed by atoms with Gasteiger partial charge in [-0.3, -0.25) is 0 Å². The number of nitrogens with zero attached hydrogens (tertiary/aromatic N) is 2. The molecule has 1 heterocycles. The lowest BCUT2D eigenvalue weighted by molar-refractivity contribution is -0.0889. The van der Waals surface area contributed by atoms with Gasteiger partial charge < -0.3 is 9.84 Å². The van der Waals surface area contributed by atoms with E-state index in [0.29, 0.717) is 5.01 Å². The number of amides is 1. The molecule has 1 aliphatic heterocycles. The summed E-state index contributed by atoms with van der Waals surface area (Å²) >= 11 is 0. The number of hydrazone groups is 1. The van der Waals surface area contributed by atoms with Gasteiger partial charge in [-0.2, -0.15) is 23.3 Å². The first-order valence-corrected chi connectivity index (χ1v) is 8.65. The van der Waals surface area contributed by atoms with Gasteiger partial charge in [-0.25, -0.2) is 4.79 Å². The molecule has 1 amide bonds. The average Bonchev–Trinajstić information content (AvgIpc) is 2.95. The van der Waals surface area contributed by atoms with Gasteiger partial charge in [0.2, 0.25) is 0 Å². The first-order valence-electron chi connectivity index (χ1n) is 8.65. The Morgan fingerprint density at radius 3 is 2.46 bits per heavy atom. The number of benzene rings is 1. The molecule has 1 aliphatic rings. The number of hydrogen-bond donors (Lipinski definition) is 1. The Balaban J connectivity index is 2.28. The number of rotatable bonds is 6. The average molecular weight is 372 g/mol. The van der Waals surface area contributed by atoms with E-state index in [-0.39, 0.29) is 12.2 Å². The van der Waals surface area contributed by atoms with Crippen LogP contribution >= 0.6 is 0 Å². The summed E-state index contributed by atoms with van der Waals surface area (Å²) in [4.78, 5) is 12.0. The molecule has 1 atom stereocenters. The SMILES string of the molecule is CCCCCc1ccc(C2(O)CC(C(F)(F)F)=NN2C(=O)OCC)cc1. The van der Waals surface area contributed by atoms with Crippen LogP contribution in [0.3, 0.4) is 0 Å². The van der Waals surface area contributed by atoms with Crippen molar-refractivity contribution >= 4 is 11.8 Å². The van der Waals surface area contributed by atoms with Crippen LogP contribution < -0.4 is 0 Å². The summed E-state index contributed by atoms with van der Waals surface area (Å²) in [7, 11) is 0. The van der Waals surface area contributed by atoms with Crippen molar-refractivity contribution < 1.29 is 27.8 Å². The number of aliphatic hydroxyl groups is 1. The third-order valence-corrected chi connectivity index (χ3v) is 4.24. The molecule has 0 saturated heterocycles. The highest BCUT2D eigenvalue weighted by molar-refractivity contribution is 5.93. The molecule has 0 aromatic heterocycles. The summed E-state index contributed by atoms with van der Waals surface area (Å²) in [6.45, 7) is 3.58.